The van der Waals surface area contributed by atoms with E-state index in [1.54, 1.807) is 0 Å². The summed E-state index contributed by atoms with van der Waals surface area (Å²) < 4.78 is 0. The molecular formula is C16H15N3O. The highest BCUT2D eigenvalue weighted by atomic mass is 16.2. The van der Waals surface area contributed by atoms with Crippen molar-refractivity contribution >= 4 is 16.8 Å². The minimum Gasteiger partial charge on any atom is -0.344 e. The summed E-state index contributed by atoms with van der Waals surface area (Å²) >= 11 is 0. The number of carbonyl (C=O) groups excluding carboxylic acids is 1. The van der Waals surface area contributed by atoms with Gasteiger partial charge in [0.15, 0.2) is 5.69 Å². The smallest absolute Gasteiger partial charge is 0.272 e. The summed E-state index contributed by atoms with van der Waals surface area (Å²) in [7, 11) is 0. The van der Waals surface area contributed by atoms with Crippen molar-refractivity contribution < 1.29 is 4.79 Å². The van der Waals surface area contributed by atoms with Gasteiger partial charge in [-0.1, -0.05) is 48.5 Å². The largest absolute Gasteiger partial charge is 0.344 e. The predicted molar refractivity (Wildman–Crippen MR) is 78.4 cm³/mol. The molecule has 20 heavy (non-hydrogen) atoms. The molecule has 4 nitrogen and oxygen atoms in total. The van der Waals surface area contributed by atoms with Crippen LogP contribution in [0.2, 0.25) is 0 Å². The number of carbonyl (C=O) groups is 1. The van der Waals surface area contributed by atoms with Crippen LogP contribution in [-0.4, -0.2) is 16.1 Å². The molecule has 0 unspecified atom stereocenters. The normalized spacial score (nSPS) is 12.2. The molecule has 1 amide bonds. The quantitative estimate of drug-likeness (QED) is 0.764. The Bertz CT molecular complexity index is 734. The van der Waals surface area contributed by atoms with Crippen LogP contribution in [0, 0.1) is 0 Å². The molecule has 4 heteroatoms. The molecule has 0 aliphatic heterocycles. The third-order valence-electron chi connectivity index (χ3n) is 3.33. The number of amides is 1. The van der Waals surface area contributed by atoms with Crippen molar-refractivity contribution in [3.63, 3.8) is 0 Å². The first-order valence-corrected chi connectivity index (χ1v) is 6.54. The number of H-pyrrole nitrogens is 1. The van der Waals surface area contributed by atoms with E-state index in [4.69, 9.17) is 0 Å². The topological polar surface area (TPSA) is 57.8 Å². The first-order chi connectivity index (χ1) is 9.75. The Balaban J connectivity index is 1.83. The summed E-state index contributed by atoms with van der Waals surface area (Å²) in [6.45, 7) is 1.96. The summed E-state index contributed by atoms with van der Waals surface area (Å²) in [5, 5.41) is 10.8. The van der Waals surface area contributed by atoms with Crippen molar-refractivity contribution in [2.24, 2.45) is 0 Å². The molecule has 0 aliphatic rings. The molecule has 100 valence electrons. The van der Waals surface area contributed by atoms with Crippen LogP contribution in [0.15, 0.2) is 54.6 Å². The van der Waals surface area contributed by atoms with Crippen molar-refractivity contribution in [1.82, 2.24) is 15.5 Å². The van der Waals surface area contributed by atoms with Crippen LogP contribution in [0.1, 0.15) is 29.0 Å². The fourth-order valence-electron chi connectivity index (χ4n) is 2.23. The monoisotopic (exact) mass is 265 g/mol. The number of para-hydroxylation sites is 1. The fourth-order valence-corrected chi connectivity index (χ4v) is 2.23. The average Bonchev–Trinajstić information content (AvgIpc) is 2.92. The fraction of sp³-hybridized carbons (Fsp3) is 0.125. The predicted octanol–water partition coefficient (Wildman–Crippen LogP) is 3.05. The van der Waals surface area contributed by atoms with Gasteiger partial charge in [0.1, 0.15) is 0 Å². The molecule has 0 spiro atoms. The highest BCUT2D eigenvalue weighted by molar-refractivity contribution is 6.04. The van der Waals surface area contributed by atoms with Gasteiger partial charge in [-0.2, -0.15) is 5.10 Å². The molecule has 3 aromatic rings. The Morgan fingerprint density at radius 1 is 1.10 bits per heavy atom. The van der Waals surface area contributed by atoms with Crippen molar-refractivity contribution in [2.75, 3.05) is 0 Å². The molecule has 0 saturated carbocycles. The number of nitrogens with one attached hydrogen (secondary N) is 2. The van der Waals surface area contributed by atoms with Gasteiger partial charge in [-0.15, -0.1) is 0 Å². The van der Waals surface area contributed by atoms with Gasteiger partial charge in [0.25, 0.3) is 5.91 Å². The van der Waals surface area contributed by atoms with E-state index in [1.165, 1.54) is 0 Å². The van der Waals surface area contributed by atoms with Gasteiger partial charge in [-0.25, -0.2) is 0 Å². The van der Waals surface area contributed by atoms with E-state index in [0.717, 1.165) is 16.5 Å². The first kappa shape index (κ1) is 12.4. The number of hydrogen-bond donors (Lipinski definition) is 2. The second-order valence-corrected chi connectivity index (χ2v) is 4.72. The molecule has 2 aromatic carbocycles. The number of aromatic amines is 1. The van der Waals surface area contributed by atoms with Gasteiger partial charge in [-0.3, -0.25) is 9.89 Å². The number of rotatable bonds is 3. The lowest BCUT2D eigenvalue weighted by Crippen LogP contribution is -2.27. The van der Waals surface area contributed by atoms with E-state index in [-0.39, 0.29) is 11.9 Å². The van der Waals surface area contributed by atoms with Crippen molar-refractivity contribution in [3.05, 3.63) is 65.9 Å². The second-order valence-electron chi connectivity index (χ2n) is 4.72. The molecule has 1 heterocycles. The van der Waals surface area contributed by atoms with E-state index < -0.39 is 0 Å². The van der Waals surface area contributed by atoms with Crippen LogP contribution in [0.4, 0.5) is 0 Å². The summed E-state index contributed by atoms with van der Waals surface area (Å²) in [4.78, 5) is 12.3. The van der Waals surface area contributed by atoms with E-state index in [2.05, 4.69) is 15.5 Å². The number of hydrogen-bond acceptors (Lipinski definition) is 2. The molecule has 1 aromatic heterocycles. The third-order valence-corrected chi connectivity index (χ3v) is 3.33. The number of fused-ring (bicyclic) bond motifs is 1. The zero-order valence-electron chi connectivity index (χ0n) is 11.1. The van der Waals surface area contributed by atoms with E-state index in [9.17, 15) is 4.79 Å². The lowest BCUT2D eigenvalue weighted by Gasteiger charge is -2.13. The summed E-state index contributed by atoms with van der Waals surface area (Å²) in [6, 6.07) is 17.4. The van der Waals surface area contributed by atoms with Gasteiger partial charge in [0.05, 0.1) is 11.6 Å². The Kier molecular flexibility index (Phi) is 3.21. The zero-order valence-corrected chi connectivity index (χ0v) is 11.1. The molecule has 0 radical (unpaired) electrons. The SMILES string of the molecule is C[C@@H](NC(=O)c1n[nH]c2ccccc12)c1ccccc1. The molecule has 2 N–H and O–H groups in total. The first-order valence-electron chi connectivity index (χ1n) is 6.54. The number of aromatic nitrogens is 2. The second kappa shape index (κ2) is 5.17. The number of benzene rings is 2. The molecule has 3 rings (SSSR count). The minimum absolute atomic E-state index is 0.0563. The van der Waals surface area contributed by atoms with Crippen LogP contribution in [0.3, 0.4) is 0 Å². The Morgan fingerprint density at radius 2 is 1.80 bits per heavy atom. The molecule has 1 atom stereocenters. The maximum absolute atomic E-state index is 12.3. The van der Waals surface area contributed by atoms with Crippen LogP contribution in [-0.2, 0) is 0 Å². The Hall–Kier alpha value is -2.62. The number of nitrogens with zero attached hydrogens (tertiary/aromatic N) is 1. The van der Waals surface area contributed by atoms with Crippen LogP contribution in [0.5, 0.6) is 0 Å². The van der Waals surface area contributed by atoms with Crippen LogP contribution in [0.25, 0.3) is 10.9 Å². The Labute approximate surface area is 116 Å². The minimum atomic E-state index is -0.168. The third kappa shape index (κ3) is 2.28. The maximum Gasteiger partial charge on any atom is 0.272 e. The van der Waals surface area contributed by atoms with Crippen molar-refractivity contribution in [2.45, 2.75) is 13.0 Å². The van der Waals surface area contributed by atoms with Crippen molar-refractivity contribution in [1.29, 1.82) is 0 Å². The van der Waals surface area contributed by atoms with Gasteiger partial charge >= 0.3 is 0 Å². The molecule has 0 bridgehead atoms. The zero-order chi connectivity index (χ0) is 13.9. The Morgan fingerprint density at radius 3 is 2.60 bits per heavy atom. The lowest BCUT2D eigenvalue weighted by molar-refractivity contribution is 0.0936. The lowest BCUT2D eigenvalue weighted by atomic mass is 10.1. The summed E-state index contributed by atoms with van der Waals surface area (Å²) in [5.74, 6) is -0.168. The highest BCUT2D eigenvalue weighted by Crippen LogP contribution is 2.17. The maximum atomic E-state index is 12.3. The molecule has 0 aliphatic carbocycles. The molecular weight excluding hydrogens is 250 g/mol. The molecule has 0 saturated heterocycles. The average molecular weight is 265 g/mol. The van der Waals surface area contributed by atoms with Gasteiger partial charge in [-0.05, 0) is 18.6 Å². The van der Waals surface area contributed by atoms with Gasteiger partial charge in [0.2, 0.25) is 0 Å². The van der Waals surface area contributed by atoms with E-state index in [1.807, 2.05) is 61.5 Å². The van der Waals surface area contributed by atoms with E-state index in [0.29, 0.717) is 5.69 Å². The standard InChI is InChI=1S/C16H15N3O/c1-11(12-7-3-2-4-8-12)17-16(20)15-13-9-5-6-10-14(13)18-19-15/h2-11H,1H3,(H,17,20)(H,18,19)/t11-/m1/s1. The van der Waals surface area contributed by atoms with Crippen LogP contribution >= 0.6 is 0 Å². The summed E-state index contributed by atoms with van der Waals surface area (Å²) in [6.07, 6.45) is 0. The van der Waals surface area contributed by atoms with Crippen molar-refractivity contribution in [3.8, 4) is 0 Å². The summed E-state index contributed by atoms with van der Waals surface area (Å²) in [5.41, 5.74) is 2.37. The van der Waals surface area contributed by atoms with Crippen LogP contribution < -0.4 is 5.32 Å². The van der Waals surface area contributed by atoms with Gasteiger partial charge < -0.3 is 5.32 Å². The van der Waals surface area contributed by atoms with E-state index >= 15 is 0 Å². The van der Waals surface area contributed by atoms with Gasteiger partial charge in [0, 0.05) is 5.39 Å². The molecule has 0 fully saturated rings. The highest BCUT2D eigenvalue weighted by Gasteiger charge is 2.16.